The van der Waals surface area contributed by atoms with Gasteiger partial charge in [-0.05, 0) is 63.0 Å². The number of rotatable bonds is 10. The SMILES string of the molecule is C=CC(=O)Nc1cc(Nc2ncc3cc(Oc4ccc(F)cc4F)c(=O)[nH]c3n2)c(C)cc1N(C)CCN(C)C. The van der Waals surface area contributed by atoms with Crippen molar-refractivity contribution in [1.29, 1.82) is 0 Å². The first kappa shape index (κ1) is 28.2. The lowest BCUT2D eigenvalue weighted by Gasteiger charge is -2.25. The largest absolute Gasteiger partial charge is 0.448 e. The number of aromatic nitrogens is 3. The molecule has 0 saturated heterocycles. The molecule has 1 amide bonds. The first-order valence-corrected chi connectivity index (χ1v) is 12.3. The summed E-state index contributed by atoms with van der Waals surface area (Å²) in [4.78, 5) is 40.2. The smallest absolute Gasteiger partial charge is 0.292 e. The second-order valence-corrected chi connectivity index (χ2v) is 9.36. The van der Waals surface area contributed by atoms with Crippen molar-refractivity contribution in [1.82, 2.24) is 19.9 Å². The Morgan fingerprint density at radius 1 is 1.10 bits per heavy atom. The number of nitrogens with one attached hydrogen (secondary N) is 3. The molecule has 10 nitrogen and oxygen atoms in total. The Kier molecular flexibility index (Phi) is 8.39. The summed E-state index contributed by atoms with van der Waals surface area (Å²) in [6.45, 7) is 6.99. The molecule has 0 aliphatic heterocycles. The Labute approximate surface area is 229 Å². The normalized spacial score (nSPS) is 11.0. The molecule has 0 atom stereocenters. The van der Waals surface area contributed by atoms with Gasteiger partial charge in [-0.2, -0.15) is 4.98 Å². The summed E-state index contributed by atoms with van der Waals surface area (Å²) in [5, 5.41) is 6.41. The number of fused-ring (bicyclic) bond motifs is 1. The average molecular weight is 550 g/mol. The highest BCUT2D eigenvalue weighted by molar-refractivity contribution is 6.02. The molecular weight excluding hydrogens is 520 g/mol. The van der Waals surface area contributed by atoms with Gasteiger partial charge in [0.05, 0.1) is 11.4 Å². The molecule has 0 fully saturated rings. The molecule has 0 aliphatic rings. The highest BCUT2D eigenvalue weighted by Crippen LogP contribution is 2.33. The molecular formula is C28H29F2N7O3. The van der Waals surface area contributed by atoms with E-state index < -0.39 is 17.2 Å². The quantitative estimate of drug-likeness (QED) is 0.247. The number of pyridine rings is 1. The van der Waals surface area contributed by atoms with E-state index in [1.165, 1.54) is 18.3 Å². The topological polar surface area (TPSA) is 115 Å². The molecule has 0 saturated carbocycles. The summed E-state index contributed by atoms with van der Waals surface area (Å²) in [5.41, 5.74) is 2.46. The van der Waals surface area contributed by atoms with Crippen LogP contribution in [0.5, 0.6) is 11.5 Å². The van der Waals surface area contributed by atoms with Gasteiger partial charge in [0.15, 0.2) is 17.3 Å². The third kappa shape index (κ3) is 6.59. The molecule has 208 valence electrons. The summed E-state index contributed by atoms with van der Waals surface area (Å²) >= 11 is 0. The molecule has 4 aromatic rings. The van der Waals surface area contributed by atoms with E-state index in [4.69, 9.17) is 4.74 Å². The first-order valence-electron chi connectivity index (χ1n) is 12.3. The van der Waals surface area contributed by atoms with Crippen LogP contribution >= 0.6 is 0 Å². The number of hydrogen-bond donors (Lipinski definition) is 3. The number of likely N-dealkylation sites (N-methyl/N-ethyl adjacent to an activating group) is 2. The second-order valence-electron chi connectivity index (χ2n) is 9.36. The van der Waals surface area contributed by atoms with Crippen LogP contribution in [0.25, 0.3) is 11.0 Å². The molecule has 4 rings (SSSR count). The van der Waals surface area contributed by atoms with Crippen molar-refractivity contribution >= 4 is 40.0 Å². The number of carbonyl (C=O) groups is 1. The molecule has 2 aromatic heterocycles. The molecule has 2 aromatic carbocycles. The van der Waals surface area contributed by atoms with Gasteiger partial charge in [-0.1, -0.05) is 6.58 Å². The lowest BCUT2D eigenvalue weighted by atomic mass is 10.1. The third-order valence-electron chi connectivity index (χ3n) is 6.00. The van der Waals surface area contributed by atoms with Crippen LogP contribution in [0.1, 0.15) is 5.56 Å². The maximum Gasteiger partial charge on any atom is 0.292 e. The summed E-state index contributed by atoms with van der Waals surface area (Å²) in [5.74, 6) is -2.36. The summed E-state index contributed by atoms with van der Waals surface area (Å²) < 4.78 is 32.5. The van der Waals surface area contributed by atoms with Crippen molar-refractivity contribution < 1.29 is 18.3 Å². The number of benzene rings is 2. The number of aryl methyl sites for hydroxylation is 1. The minimum Gasteiger partial charge on any atom is -0.448 e. The van der Waals surface area contributed by atoms with Crippen LogP contribution in [0.3, 0.4) is 0 Å². The van der Waals surface area contributed by atoms with E-state index >= 15 is 0 Å². The number of halogens is 2. The van der Waals surface area contributed by atoms with Crippen molar-refractivity contribution in [3.05, 3.63) is 82.8 Å². The first-order chi connectivity index (χ1) is 19.0. The van der Waals surface area contributed by atoms with Gasteiger partial charge in [0.2, 0.25) is 11.9 Å². The van der Waals surface area contributed by atoms with E-state index in [2.05, 4.69) is 37.1 Å². The fourth-order valence-corrected chi connectivity index (χ4v) is 3.80. The van der Waals surface area contributed by atoms with Gasteiger partial charge in [0.25, 0.3) is 5.56 Å². The van der Waals surface area contributed by atoms with Crippen molar-refractivity contribution in [2.75, 3.05) is 49.8 Å². The summed E-state index contributed by atoms with van der Waals surface area (Å²) in [6.07, 6.45) is 2.66. The Bertz CT molecular complexity index is 1640. The maximum absolute atomic E-state index is 14.0. The van der Waals surface area contributed by atoms with E-state index in [1.807, 2.05) is 39.0 Å². The number of carbonyl (C=O) groups excluding carboxylic acids is 1. The number of hydrogen-bond acceptors (Lipinski definition) is 8. The van der Waals surface area contributed by atoms with Crippen LogP contribution in [-0.4, -0.2) is 60.0 Å². The number of H-pyrrole nitrogens is 1. The zero-order valence-corrected chi connectivity index (χ0v) is 22.5. The second kappa shape index (κ2) is 11.9. The summed E-state index contributed by atoms with van der Waals surface area (Å²) in [6, 6.07) is 7.88. The zero-order chi connectivity index (χ0) is 29.0. The Morgan fingerprint density at radius 2 is 1.88 bits per heavy atom. The van der Waals surface area contributed by atoms with E-state index in [9.17, 15) is 18.4 Å². The number of amides is 1. The van der Waals surface area contributed by atoms with Gasteiger partial charge in [-0.15, -0.1) is 0 Å². The van der Waals surface area contributed by atoms with Gasteiger partial charge in [-0.3, -0.25) is 9.59 Å². The van der Waals surface area contributed by atoms with Crippen LogP contribution in [0, 0.1) is 18.6 Å². The van der Waals surface area contributed by atoms with Crippen LogP contribution in [0.4, 0.5) is 31.8 Å². The van der Waals surface area contributed by atoms with Crippen LogP contribution in [-0.2, 0) is 4.79 Å². The van der Waals surface area contributed by atoms with E-state index in [-0.39, 0.29) is 29.0 Å². The van der Waals surface area contributed by atoms with Gasteiger partial charge >= 0.3 is 0 Å². The van der Waals surface area contributed by atoms with Gasteiger partial charge in [0, 0.05) is 43.5 Å². The number of nitrogens with zero attached hydrogens (tertiary/aromatic N) is 4. The number of aromatic amines is 1. The summed E-state index contributed by atoms with van der Waals surface area (Å²) in [7, 11) is 5.92. The molecule has 12 heteroatoms. The van der Waals surface area contributed by atoms with Crippen molar-refractivity contribution in [2.24, 2.45) is 0 Å². The molecule has 0 spiro atoms. The third-order valence-corrected chi connectivity index (χ3v) is 6.00. The van der Waals surface area contributed by atoms with E-state index in [0.29, 0.717) is 22.8 Å². The highest BCUT2D eigenvalue weighted by Gasteiger charge is 2.15. The molecule has 0 aliphatic carbocycles. The molecule has 40 heavy (non-hydrogen) atoms. The van der Waals surface area contributed by atoms with Gasteiger partial charge < -0.3 is 30.2 Å². The number of anilines is 4. The predicted octanol–water partition coefficient (Wildman–Crippen LogP) is 4.56. The standard InChI is InChI=1S/C28H29F2N7O3/c1-6-25(38)32-21-14-20(16(2)11-22(21)37(5)10-9-36(3)4)33-28-31-15-17-12-24(27(39)34-26(17)35-28)40-23-8-7-18(29)13-19(23)30/h6-8,11-15H,1,9-10H2,2-5H3,(H,32,38)(H2,31,33,34,35,39). The molecule has 0 unspecified atom stereocenters. The minimum atomic E-state index is -0.941. The fraction of sp³-hybridized carbons (Fsp3) is 0.214. The molecule has 0 bridgehead atoms. The Morgan fingerprint density at radius 3 is 2.58 bits per heavy atom. The lowest BCUT2D eigenvalue weighted by Crippen LogP contribution is -2.29. The molecule has 3 N–H and O–H groups in total. The Balaban J connectivity index is 1.62. The lowest BCUT2D eigenvalue weighted by molar-refractivity contribution is -0.111. The predicted molar refractivity (Wildman–Crippen MR) is 152 cm³/mol. The van der Waals surface area contributed by atoms with Crippen molar-refractivity contribution in [3.63, 3.8) is 0 Å². The highest BCUT2D eigenvalue weighted by atomic mass is 19.1. The van der Waals surface area contributed by atoms with Gasteiger partial charge in [-0.25, -0.2) is 13.8 Å². The molecule has 0 radical (unpaired) electrons. The maximum atomic E-state index is 14.0. The average Bonchev–Trinajstić information content (AvgIpc) is 2.90. The van der Waals surface area contributed by atoms with Crippen LogP contribution < -0.4 is 25.8 Å². The van der Waals surface area contributed by atoms with Crippen LogP contribution in [0.2, 0.25) is 0 Å². The monoisotopic (exact) mass is 549 g/mol. The van der Waals surface area contributed by atoms with E-state index in [1.54, 1.807) is 6.07 Å². The van der Waals surface area contributed by atoms with Crippen molar-refractivity contribution in [3.8, 4) is 11.5 Å². The minimum absolute atomic E-state index is 0.194. The van der Waals surface area contributed by atoms with Crippen molar-refractivity contribution in [2.45, 2.75) is 6.92 Å². The van der Waals surface area contributed by atoms with Crippen LogP contribution in [0.15, 0.2) is 60.0 Å². The van der Waals surface area contributed by atoms with E-state index in [0.717, 1.165) is 36.5 Å². The molecule has 2 heterocycles. The fourth-order valence-electron chi connectivity index (χ4n) is 3.80. The zero-order valence-electron chi connectivity index (χ0n) is 22.5. The Hall–Kier alpha value is -4.84. The van der Waals surface area contributed by atoms with Gasteiger partial charge in [0.1, 0.15) is 11.5 Å². The number of ether oxygens (including phenoxy) is 1.